The molecule has 1 aliphatic rings. The van der Waals surface area contributed by atoms with E-state index in [2.05, 4.69) is 16.3 Å². The van der Waals surface area contributed by atoms with Crippen LogP contribution in [0.1, 0.15) is 34.1 Å². The van der Waals surface area contributed by atoms with Crippen LogP contribution in [0.3, 0.4) is 0 Å². The second-order valence-electron chi connectivity index (χ2n) is 6.40. The number of hydrogen-bond donors (Lipinski definition) is 1. The zero-order valence-corrected chi connectivity index (χ0v) is 15.4. The molecule has 5 nitrogen and oxygen atoms in total. The molecule has 0 spiro atoms. The fourth-order valence-electron chi connectivity index (χ4n) is 3.02. The maximum absolute atomic E-state index is 12.4. The summed E-state index contributed by atoms with van der Waals surface area (Å²) >= 11 is 1.69. The Kier molecular flexibility index (Phi) is 5.50. The van der Waals surface area contributed by atoms with Crippen molar-refractivity contribution in [3.8, 4) is 0 Å². The summed E-state index contributed by atoms with van der Waals surface area (Å²) < 4.78 is 0. The van der Waals surface area contributed by atoms with Gasteiger partial charge in [-0.2, -0.15) is 0 Å². The molecule has 2 amide bonds. The van der Waals surface area contributed by atoms with E-state index in [1.165, 1.54) is 4.88 Å². The molecule has 1 fully saturated rings. The van der Waals surface area contributed by atoms with E-state index in [-0.39, 0.29) is 17.9 Å². The van der Waals surface area contributed by atoms with Crippen molar-refractivity contribution in [2.75, 3.05) is 32.1 Å². The highest BCUT2D eigenvalue weighted by atomic mass is 32.1. The van der Waals surface area contributed by atoms with Gasteiger partial charge in [0.25, 0.3) is 5.91 Å². The topological polar surface area (TPSA) is 52.7 Å². The fraction of sp³-hybridized carbons (Fsp3) is 0.368. The van der Waals surface area contributed by atoms with Crippen molar-refractivity contribution in [3.63, 3.8) is 0 Å². The summed E-state index contributed by atoms with van der Waals surface area (Å²) in [6.07, 6.45) is 1.51. The highest BCUT2D eigenvalue weighted by Crippen LogP contribution is 2.23. The zero-order valence-electron chi connectivity index (χ0n) is 14.6. The molecule has 1 atom stereocenters. The van der Waals surface area contributed by atoms with E-state index < -0.39 is 0 Å². The van der Waals surface area contributed by atoms with E-state index in [1.807, 2.05) is 37.7 Å². The number of carbonyl (C=O) groups excluding carboxylic acids is 2. The molecule has 2 aromatic rings. The van der Waals surface area contributed by atoms with Crippen molar-refractivity contribution in [1.82, 2.24) is 10.2 Å². The van der Waals surface area contributed by atoms with Gasteiger partial charge in [-0.3, -0.25) is 9.59 Å². The Hall–Kier alpha value is -2.18. The highest BCUT2D eigenvalue weighted by molar-refractivity contribution is 7.10. The molecular formula is C19H23N3O2S. The van der Waals surface area contributed by atoms with Gasteiger partial charge < -0.3 is 15.1 Å². The third-order valence-electron chi connectivity index (χ3n) is 4.47. The normalized spacial score (nSPS) is 15.6. The van der Waals surface area contributed by atoms with Gasteiger partial charge in [-0.05, 0) is 56.2 Å². The SMILES string of the molecule is CN(C)[C@@H](CNC(=O)c1ccc(N2CCCC2=O)cc1)c1cccs1. The molecule has 0 saturated carbocycles. The zero-order chi connectivity index (χ0) is 17.8. The lowest BCUT2D eigenvalue weighted by Gasteiger charge is -2.23. The fourth-order valence-corrected chi connectivity index (χ4v) is 3.95. The van der Waals surface area contributed by atoms with E-state index >= 15 is 0 Å². The number of benzene rings is 1. The van der Waals surface area contributed by atoms with E-state index in [4.69, 9.17) is 0 Å². The van der Waals surface area contributed by atoms with Gasteiger partial charge in [0.05, 0.1) is 6.04 Å². The number of thiophene rings is 1. The van der Waals surface area contributed by atoms with Crippen LogP contribution in [0, 0.1) is 0 Å². The molecule has 1 aromatic carbocycles. The first-order chi connectivity index (χ1) is 12.1. The van der Waals surface area contributed by atoms with Gasteiger partial charge in [0, 0.05) is 35.6 Å². The average molecular weight is 357 g/mol. The Morgan fingerprint density at radius 3 is 2.60 bits per heavy atom. The molecule has 0 bridgehead atoms. The molecule has 1 N–H and O–H groups in total. The van der Waals surface area contributed by atoms with Crippen LogP contribution >= 0.6 is 11.3 Å². The quantitative estimate of drug-likeness (QED) is 0.865. The molecule has 0 aliphatic carbocycles. The first-order valence-corrected chi connectivity index (χ1v) is 9.32. The molecule has 2 heterocycles. The number of nitrogens with one attached hydrogen (secondary N) is 1. The van der Waals surface area contributed by atoms with Gasteiger partial charge in [-0.1, -0.05) is 6.07 Å². The Balaban J connectivity index is 1.62. The first kappa shape index (κ1) is 17.6. The van der Waals surface area contributed by atoms with Crippen LogP contribution in [0.5, 0.6) is 0 Å². The third kappa shape index (κ3) is 4.08. The summed E-state index contributed by atoms with van der Waals surface area (Å²) in [6.45, 7) is 1.31. The maximum Gasteiger partial charge on any atom is 0.251 e. The van der Waals surface area contributed by atoms with Gasteiger partial charge in [0.15, 0.2) is 0 Å². The molecule has 1 aliphatic heterocycles. The van der Waals surface area contributed by atoms with E-state index in [9.17, 15) is 9.59 Å². The van der Waals surface area contributed by atoms with Gasteiger partial charge in [-0.15, -0.1) is 11.3 Å². The molecule has 132 valence electrons. The Bertz CT molecular complexity index is 726. The maximum atomic E-state index is 12.4. The number of amides is 2. The van der Waals surface area contributed by atoms with Crippen LogP contribution in [0.2, 0.25) is 0 Å². The van der Waals surface area contributed by atoms with Crippen LogP contribution in [0.4, 0.5) is 5.69 Å². The minimum absolute atomic E-state index is 0.0947. The second kappa shape index (κ2) is 7.80. The number of likely N-dealkylation sites (N-methyl/N-ethyl adjacent to an activating group) is 1. The van der Waals surface area contributed by atoms with Crippen LogP contribution < -0.4 is 10.2 Å². The minimum atomic E-state index is -0.0947. The molecule has 6 heteroatoms. The van der Waals surface area contributed by atoms with Gasteiger partial charge in [-0.25, -0.2) is 0 Å². The molecule has 0 radical (unpaired) electrons. The summed E-state index contributed by atoms with van der Waals surface area (Å²) in [6, 6.07) is 11.5. The van der Waals surface area contributed by atoms with Crippen molar-refractivity contribution in [2.24, 2.45) is 0 Å². The summed E-state index contributed by atoms with van der Waals surface area (Å²) in [5.41, 5.74) is 1.47. The summed E-state index contributed by atoms with van der Waals surface area (Å²) in [7, 11) is 4.02. The standard InChI is InChI=1S/C19H23N3O2S/c1-21(2)16(17-5-4-12-25-17)13-20-19(24)14-7-9-15(10-8-14)22-11-3-6-18(22)23/h4-5,7-10,12,16H,3,6,11,13H2,1-2H3,(H,20,24)/t16-/m0/s1. The first-order valence-electron chi connectivity index (χ1n) is 8.44. The van der Waals surface area contributed by atoms with Crippen molar-refractivity contribution >= 4 is 28.8 Å². The van der Waals surface area contributed by atoms with Crippen molar-refractivity contribution < 1.29 is 9.59 Å². The van der Waals surface area contributed by atoms with Crippen LogP contribution in [0.25, 0.3) is 0 Å². The van der Waals surface area contributed by atoms with E-state index in [0.29, 0.717) is 18.5 Å². The Morgan fingerprint density at radius 2 is 2.04 bits per heavy atom. The van der Waals surface area contributed by atoms with Crippen molar-refractivity contribution in [2.45, 2.75) is 18.9 Å². The van der Waals surface area contributed by atoms with Crippen molar-refractivity contribution in [1.29, 1.82) is 0 Å². The lowest BCUT2D eigenvalue weighted by atomic mass is 10.1. The van der Waals surface area contributed by atoms with Gasteiger partial charge in [0.2, 0.25) is 5.91 Å². The summed E-state index contributed by atoms with van der Waals surface area (Å²) in [4.78, 5) is 29.3. The number of anilines is 1. The molecule has 3 rings (SSSR count). The summed E-state index contributed by atoms with van der Waals surface area (Å²) in [5.74, 6) is 0.0599. The molecule has 1 aromatic heterocycles. The van der Waals surface area contributed by atoms with Gasteiger partial charge >= 0.3 is 0 Å². The second-order valence-corrected chi connectivity index (χ2v) is 7.38. The largest absolute Gasteiger partial charge is 0.350 e. The lowest BCUT2D eigenvalue weighted by Crippen LogP contribution is -2.34. The highest BCUT2D eigenvalue weighted by Gasteiger charge is 2.22. The molecule has 0 unspecified atom stereocenters. The average Bonchev–Trinajstić information content (AvgIpc) is 3.26. The van der Waals surface area contributed by atoms with Crippen LogP contribution in [0.15, 0.2) is 41.8 Å². The van der Waals surface area contributed by atoms with Gasteiger partial charge in [0.1, 0.15) is 0 Å². The predicted molar refractivity (Wildman–Crippen MR) is 101 cm³/mol. The van der Waals surface area contributed by atoms with E-state index in [0.717, 1.165) is 18.7 Å². The van der Waals surface area contributed by atoms with Crippen LogP contribution in [-0.2, 0) is 4.79 Å². The van der Waals surface area contributed by atoms with Crippen LogP contribution in [-0.4, -0.2) is 43.9 Å². The van der Waals surface area contributed by atoms with E-state index in [1.54, 1.807) is 28.4 Å². The third-order valence-corrected chi connectivity index (χ3v) is 5.44. The number of nitrogens with zero attached hydrogens (tertiary/aromatic N) is 2. The Morgan fingerprint density at radius 1 is 1.28 bits per heavy atom. The lowest BCUT2D eigenvalue weighted by molar-refractivity contribution is -0.117. The molecule has 1 saturated heterocycles. The smallest absolute Gasteiger partial charge is 0.251 e. The minimum Gasteiger partial charge on any atom is -0.350 e. The predicted octanol–water partition coefficient (Wildman–Crippen LogP) is 2.91. The van der Waals surface area contributed by atoms with Crippen molar-refractivity contribution in [3.05, 3.63) is 52.2 Å². The molecule has 25 heavy (non-hydrogen) atoms. The monoisotopic (exact) mass is 357 g/mol. The number of hydrogen-bond acceptors (Lipinski definition) is 4. The Labute approximate surface area is 152 Å². The number of carbonyl (C=O) groups is 2. The number of rotatable bonds is 6. The summed E-state index contributed by atoms with van der Waals surface area (Å²) in [5, 5.41) is 5.06. The molecular weight excluding hydrogens is 334 g/mol.